The molecule has 1 aromatic heterocycles. The molecule has 35 heavy (non-hydrogen) atoms. The SMILES string of the molecule is COc1cc(-c2ccc(N3CCN(C(=O)CCCc4ccccc4)CC3)nn2)cc(OC)c1OC. The lowest BCUT2D eigenvalue weighted by Crippen LogP contribution is -2.49. The van der Waals surface area contributed by atoms with Crippen LogP contribution < -0.4 is 19.1 Å². The Morgan fingerprint density at radius 3 is 2.11 bits per heavy atom. The Labute approximate surface area is 206 Å². The zero-order valence-corrected chi connectivity index (χ0v) is 20.6. The third-order valence-electron chi connectivity index (χ3n) is 6.27. The Morgan fingerprint density at radius 1 is 0.857 bits per heavy atom. The van der Waals surface area contributed by atoms with Crippen molar-refractivity contribution in [2.75, 3.05) is 52.4 Å². The molecule has 8 nitrogen and oxygen atoms in total. The molecule has 4 rings (SSSR count). The fourth-order valence-corrected chi connectivity index (χ4v) is 4.31. The second kappa shape index (κ2) is 11.6. The molecule has 1 fully saturated rings. The van der Waals surface area contributed by atoms with E-state index in [1.807, 2.05) is 47.4 Å². The third-order valence-corrected chi connectivity index (χ3v) is 6.27. The van der Waals surface area contributed by atoms with Gasteiger partial charge in [0.15, 0.2) is 17.3 Å². The van der Waals surface area contributed by atoms with E-state index >= 15 is 0 Å². The van der Waals surface area contributed by atoms with Crippen LogP contribution in [0.1, 0.15) is 18.4 Å². The van der Waals surface area contributed by atoms with Crippen LogP contribution in [0.3, 0.4) is 0 Å². The standard InChI is InChI=1S/C27H32N4O4/c1-33-23-18-21(19-24(34-2)27(23)35-3)22-12-13-25(29-28-22)30-14-16-31(17-15-30)26(32)11-7-10-20-8-5-4-6-9-20/h4-6,8-9,12-13,18-19H,7,10-11,14-17H2,1-3H3. The molecule has 8 heteroatoms. The summed E-state index contributed by atoms with van der Waals surface area (Å²) in [5, 5.41) is 8.87. The number of hydrogen-bond donors (Lipinski definition) is 0. The third kappa shape index (κ3) is 5.82. The van der Waals surface area contributed by atoms with E-state index in [0.29, 0.717) is 42.5 Å². The molecule has 0 unspecified atom stereocenters. The zero-order valence-electron chi connectivity index (χ0n) is 20.6. The van der Waals surface area contributed by atoms with Gasteiger partial charge in [-0.25, -0.2) is 0 Å². The first kappa shape index (κ1) is 24.3. The maximum absolute atomic E-state index is 12.6. The van der Waals surface area contributed by atoms with Gasteiger partial charge in [-0.05, 0) is 42.7 Å². The summed E-state index contributed by atoms with van der Waals surface area (Å²) >= 11 is 0. The molecule has 0 saturated carbocycles. The first-order chi connectivity index (χ1) is 17.1. The Bertz CT molecular complexity index is 1090. The predicted octanol–water partition coefficient (Wildman–Crippen LogP) is 3.84. The monoisotopic (exact) mass is 476 g/mol. The minimum atomic E-state index is 0.226. The van der Waals surface area contributed by atoms with Crippen molar-refractivity contribution in [3.63, 3.8) is 0 Å². The summed E-state index contributed by atoms with van der Waals surface area (Å²) in [5.41, 5.74) is 2.81. The highest BCUT2D eigenvalue weighted by Gasteiger charge is 2.22. The quantitative estimate of drug-likeness (QED) is 0.464. The number of amides is 1. The van der Waals surface area contributed by atoms with Gasteiger partial charge < -0.3 is 24.0 Å². The van der Waals surface area contributed by atoms with E-state index in [0.717, 1.165) is 37.3 Å². The molecular formula is C27H32N4O4. The summed E-state index contributed by atoms with van der Waals surface area (Å²) in [5.74, 6) is 2.70. The summed E-state index contributed by atoms with van der Waals surface area (Å²) < 4.78 is 16.3. The number of methoxy groups -OCH3 is 3. The molecule has 2 aromatic carbocycles. The Balaban J connectivity index is 1.32. The highest BCUT2D eigenvalue weighted by molar-refractivity contribution is 5.76. The van der Waals surface area contributed by atoms with Gasteiger partial charge in [0.2, 0.25) is 11.7 Å². The molecule has 0 N–H and O–H groups in total. The minimum Gasteiger partial charge on any atom is -0.493 e. The van der Waals surface area contributed by atoms with E-state index in [9.17, 15) is 4.79 Å². The zero-order chi connectivity index (χ0) is 24.6. The molecule has 1 saturated heterocycles. The molecule has 0 spiro atoms. The number of hydrogen-bond acceptors (Lipinski definition) is 7. The Kier molecular flexibility index (Phi) is 8.03. The van der Waals surface area contributed by atoms with Crippen molar-refractivity contribution in [1.82, 2.24) is 15.1 Å². The smallest absolute Gasteiger partial charge is 0.222 e. The number of nitrogens with zero attached hydrogens (tertiary/aromatic N) is 4. The van der Waals surface area contributed by atoms with E-state index in [1.54, 1.807) is 21.3 Å². The van der Waals surface area contributed by atoms with E-state index in [4.69, 9.17) is 14.2 Å². The molecule has 3 aromatic rings. The average molecular weight is 477 g/mol. The summed E-state index contributed by atoms with van der Waals surface area (Å²) in [7, 11) is 4.75. The van der Waals surface area contributed by atoms with Crippen molar-refractivity contribution < 1.29 is 19.0 Å². The molecule has 0 aliphatic carbocycles. The molecule has 0 bridgehead atoms. The van der Waals surface area contributed by atoms with Crippen molar-refractivity contribution in [2.24, 2.45) is 0 Å². The number of rotatable bonds is 9. The van der Waals surface area contributed by atoms with Gasteiger partial charge in [0.25, 0.3) is 0 Å². The van der Waals surface area contributed by atoms with Crippen molar-refractivity contribution in [2.45, 2.75) is 19.3 Å². The number of aryl methyl sites for hydroxylation is 1. The maximum atomic E-state index is 12.6. The summed E-state index contributed by atoms with van der Waals surface area (Å²) in [6.07, 6.45) is 2.38. The van der Waals surface area contributed by atoms with Crippen LogP contribution in [-0.4, -0.2) is 68.5 Å². The van der Waals surface area contributed by atoms with E-state index in [-0.39, 0.29) is 5.91 Å². The number of benzene rings is 2. The lowest BCUT2D eigenvalue weighted by atomic mass is 10.1. The second-order valence-corrected chi connectivity index (χ2v) is 8.40. The first-order valence-electron chi connectivity index (χ1n) is 11.8. The van der Waals surface area contributed by atoms with Crippen LogP contribution in [0, 0.1) is 0 Å². The topological polar surface area (TPSA) is 77.0 Å². The maximum Gasteiger partial charge on any atom is 0.222 e. The van der Waals surface area contributed by atoms with E-state index < -0.39 is 0 Å². The van der Waals surface area contributed by atoms with Crippen LogP contribution in [-0.2, 0) is 11.2 Å². The van der Waals surface area contributed by atoms with Gasteiger partial charge >= 0.3 is 0 Å². The Morgan fingerprint density at radius 2 is 1.54 bits per heavy atom. The lowest BCUT2D eigenvalue weighted by Gasteiger charge is -2.35. The highest BCUT2D eigenvalue weighted by atomic mass is 16.5. The van der Waals surface area contributed by atoms with Gasteiger partial charge in [-0.3, -0.25) is 4.79 Å². The van der Waals surface area contributed by atoms with Gasteiger partial charge in [0.05, 0.1) is 27.0 Å². The van der Waals surface area contributed by atoms with Crippen LogP contribution >= 0.6 is 0 Å². The van der Waals surface area contributed by atoms with Gasteiger partial charge in [-0.15, -0.1) is 10.2 Å². The predicted molar refractivity (Wildman–Crippen MR) is 135 cm³/mol. The second-order valence-electron chi connectivity index (χ2n) is 8.40. The first-order valence-corrected chi connectivity index (χ1v) is 11.8. The van der Waals surface area contributed by atoms with Gasteiger partial charge in [-0.2, -0.15) is 0 Å². The number of carbonyl (C=O) groups is 1. The van der Waals surface area contributed by atoms with Crippen LogP contribution in [0.5, 0.6) is 17.2 Å². The average Bonchev–Trinajstić information content (AvgIpc) is 2.93. The molecule has 1 aliphatic heterocycles. The molecule has 184 valence electrons. The largest absolute Gasteiger partial charge is 0.493 e. The summed E-state index contributed by atoms with van der Waals surface area (Å²) in [6.45, 7) is 2.87. The molecule has 1 amide bonds. The molecule has 0 radical (unpaired) electrons. The lowest BCUT2D eigenvalue weighted by molar-refractivity contribution is -0.131. The fourth-order valence-electron chi connectivity index (χ4n) is 4.31. The number of carbonyl (C=O) groups excluding carboxylic acids is 1. The van der Waals surface area contributed by atoms with Gasteiger partial charge in [0, 0.05) is 38.2 Å². The van der Waals surface area contributed by atoms with E-state index in [1.165, 1.54) is 5.56 Å². The normalized spacial score (nSPS) is 13.5. The Hall–Kier alpha value is -3.81. The van der Waals surface area contributed by atoms with Crippen molar-refractivity contribution >= 4 is 11.7 Å². The minimum absolute atomic E-state index is 0.226. The van der Waals surface area contributed by atoms with Crippen molar-refractivity contribution in [3.8, 4) is 28.5 Å². The number of ether oxygens (including phenoxy) is 3. The molecular weight excluding hydrogens is 444 g/mol. The number of anilines is 1. The van der Waals surface area contributed by atoms with E-state index in [2.05, 4.69) is 27.2 Å². The van der Waals surface area contributed by atoms with Crippen LogP contribution in [0.4, 0.5) is 5.82 Å². The molecule has 1 aliphatic rings. The highest BCUT2D eigenvalue weighted by Crippen LogP contribution is 2.40. The number of piperazine rings is 1. The van der Waals surface area contributed by atoms with Crippen LogP contribution in [0.2, 0.25) is 0 Å². The van der Waals surface area contributed by atoms with Gasteiger partial charge in [-0.1, -0.05) is 30.3 Å². The summed E-state index contributed by atoms with van der Waals surface area (Å²) in [6, 6.07) is 17.9. The van der Waals surface area contributed by atoms with Crippen LogP contribution in [0.15, 0.2) is 54.6 Å². The van der Waals surface area contributed by atoms with Crippen molar-refractivity contribution in [3.05, 3.63) is 60.2 Å². The number of aromatic nitrogens is 2. The van der Waals surface area contributed by atoms with Crippen LogP contribution in [0.25, 0.3) is 11.3 Å². The molecule has 2 heterocycles. The molecule has 0 atom stereocenters. The van der Waals surface area contributed by atoms with Gasteiger partial charge in [0.1, 0.15) is 0 Å². The summed E-state index contributed by atoms with van der Waals surface area (Å²) in [4.78, 5) is 16.8. The van der Waals surface area contributed by atoms with Crippen molar-refractivity contribution in [1.29, 1.82) is 0 Å². The fraction of sp³-hybridized carbons (Fsp3) is 0.370.